The third-order valence-corrected chi connectivity index (χ3v) is 5.57. The van der Waals surface area contributed by atoms with Gasteiger partial charge in [0.2, 0.25) is 0 Å². The van der Waals surface area contributed by atoms with E-state index in [1.165, 1.54) is 0 Å². The Bertz CT molecular complexity index is 892. The van der Waals surface area contributed by atoms with E-state index in [0.717, 1.165) is 29.6 Å². The molecule has 0 radical (unpaired) electrons. The van der Waals surface area contributed by atoms with Crippen LogP contribution in [0.15, 0.2) is 48.5 Å². The topological polar surface area (TPSA) is 39.3 Å². The maximum Gasteiger partial charge on any atom is 0.270 e. The first-order valence-corrected chi connectivity index (χ1v) is 9.40. The lowest BCUT2D eigenvalue weighted by Gasteiger charge is -2.34. The van der Waals surface area contributed by atoms with Crippen molar-refractivity contribution in [2.75, 3.05) is 26.2 Å². The van der Waals surface area contributed by atoms with Crippen molar-refractivity contribution in [3.63, 3.8) is 0 Å². The zero-order chi connectivity index (χ0) is 18.1. The van der Waals surface area contributed by atoms with Crippen LogP contribution in [-0.2, 0) is 6.54 Å². The summed E-state index contributed by atoms with van der Waals surface area (Å²) in [5.74, 6) is 0.0524. The van der Waals surface area contributed by atoms with E-state index in [4.69, 9.17) is 23.2 Å². The first kappa shape index (κ1) is 17.4. The van der Waals surface area contributed by atoms with E-state index in [1.807, 2.05) is 53.4 Å². The number of aromatic amines is 1. The fourth-order valence-corrected chi connectivity index (χ4v) is 3.89. The highest BCUT2D eigenvalue weighted by Crippen LogP contribution is 2.26. The smallest absolute Gasteiger partial charge is 0.270 e. The van der Waals surface area contributed by atoms with Crippen molar-refractivity contribution in [2.45, 2.75) is 6.54 Å². The first-order valence-electron chi connectivity index (χ1n) is 8.64. The molecule has 1 aliphatic rings. The molecule has 1 aromatic heterocycles. The zero-order valence-corrected chi connectivity index (χ0v) is 15.7. The quantitative estimate of drug-likeness (QED) is 0.721. The largest absolute Gasteiger partial charge is 0.351 e. The van der Waals surface area contributed by atoms with Crippen LogP contribution in [0.1, 0.15) is 16.1 Å². The molecule has 2 aromatic carbocycles. The Labute approximate surface area is 162 Å². The van der Waals surface area contributed by atoms with Crippen molar-refractivity contribution in [2.24, 2.45) is 0 Å². The number of nitrogens with zero attached hydrogens (tertiary/aromatic N) is 2. The summed E-state index contributed by atoms with van der Waals surface area (Å²) in [5, 5.41) is 2.44. The Morgan fingerprint density at radius 3 is 2.35 bits per heavy atom. The van der Waals surface area contributed by atoms with E-state index in [-0.39, 0.29) is 5.91 Å². The van der Waals surface area contributed by atoms with Gasteiger partial charge in [0.15, 0.2) is 0 Å². The highest BCUT2D eigenvalue weighted by atomic mass is 35.5. The van der Waals surface area contributed by atoms with E-state index >= 15 is 0 Å². The Morgan fingerprint density at radius 2 is 1.65 bits per heavy atom. The number of fused-ring (bicyclic) bond motifs is 1. The van der Waals surface area contributed by atoms with Gasteiger partial charge in [-0.05, 0) is 24.3 Å². The summed E-state index contributed by atoms with van der Waals surface area (Å²) in [4.78, 5) is 20.2. The summed E-state index contributed by atoms with van der Waals surface area (Å²) < 4.78 is 0. The Morgan fingerprint density at radius 1 is 0.962 bits per heavy atom. The molecule has 1 N–H and O–H groups in total. The Hall–Kier alpha value is -2.01. The third-order valence-electron chi connectivity index (χ3n) is 4.86. The number of benzene rings is 2. The number of rotatable bonds is 3. The van der Waals surface area contributed by atoms with Gasteiger partial charge in [-0.1, -0.05) is 47.5 Å². The van der Waals surface area contributed by atoms with Crippen molar-refractivity contribution in [1.29, 1.82) is 0 Å². The second-order valence-electron chi connectivity index (χ2n) is 6.54. The van der Waals surface area contributed by atoms with Gasteiger partial charge in [-0.25, -0.2) is 0 Å². The van der Waals surface area contributed by atoms with Crippen molar-refractivity contribution in [1.82, 2.24) is 14.8 Å². The molecule has 0 saturated carbocycles. The van der Waals surface area contributed by atoms with Crippen molar-refractivity contribution in [3.05, 3.63) is 69.8 Å². The lowest BCUT2D eigenvalue weighted by molar-refractivity contribution is 0.0623. The molecule has 0 aliphatic carbocycles. The van der Waals surface area contributed by atoms with Crippen LogP contribution in [0.4, 0.5) is 0 Å². The Balaban J connectivity index is 1.41. The molecule has 134 valence electrons. The second kappa shape index (κ2) is 7.31. The molecule has 0 unspecified atom stereocenters. The molecule has 0 spiro atoms. The van der Waals surface area contributed by atoms with Crippen molar-refractivity contribution < 1.29 is 4.79 Å². The van der Waals surface area contributed by atoms with E-state index < -0.39 is 0 Å². The van der Waals surface area contributed by atoms with Crippen LogP contribution in [0.2, 0.25) is 10.0 Å². The van der Waals surface area contributed by atoms with Crippen LogP contribution >= 0.6 is 23.2 Å². The number of H-pyrrole nitrogens is 1. The third kappa shape index (κ3) is 3.45. The van der Waals surface area contributed by atoms with E-state index in [1.54, 1.807) is 0 Å². The SMILES string of the molecule is O=C(c1cc2ccccc2[nH]1)N1CCN(Cc2c(Cl)cccc2Cl)CC1. The van der Waals surface area contributed by atoms with Gasteiger partial charge in [0.1, 0.15) is 5.69 Å². The number of carbonyl (C=O) groups is 1. The summed E-state index contributed by atoms with van der Waals surface area (Å²) >= 11 is 12.5. The first-order chi connectivity index (χ1) is 12.6. The lowest BCUT2D eigenvalue weighted by Crippen LogP contribution is -2.48. The molecule has 26 heavy (non-hydrogen) atoms. The monoisotopic (exact) mass is 387 g/mol. The average molecular weight is 388 g/mol. The van der Waals surface area contributed by atoms with Gasteiger partial charge in [0.05, 0.1) is 0 Å². The van der Waals surface area contributed by atoms with Crippen molar-refractivity contribution in [3.8, 4) is 0 Å². The molecule has 1 saturated heterocycles. The van der Waals surface area contributed by atoms with Crippen molar-refractivity contribution >= 4 is 40.0 Å². The number of nitrogens with one attached hydrogen (secondary N) is 1. The van der Waals surface area contributed by atoms with Crippen LogP contribution < -0.4 is 0 Å². The zero-order valence-electron chi connectivity index (χ0n) is 14.2. The number of amides is 1. The Kier molecular flexibility index (Phi) is 4.90. The molecule has 6 heteroatoms. The highest BCUT2D eigenvalue weighted by Gasteiger charge is 2.24. The van der Waals surface area contributed by atoms with Gasteiger partial charge in [-0.15, -0.1) is 0 Å². The fourth-order valence-electron chi connectivity index (χ4n) is 3.37. The van der Waals surface area contributed by atoms with E-state index in [9.17, 15) is 4.79 Å². The molecule has 1 aliphatic heterocycles. The van der Waals surface area contributed by atoms with Gasteiger partial charge in [-0.3, -0.25) is 9.69 Å². The molecule has 1 amide bonds. The van der Waals surface area contributed by atoms with Crippen LogP contribution in [-0.4, -0.2) is 46.9 Å². The van der Waals surface area contributed by atoms with Crippen LogP contribution in [0.3, 0.4) is 0 Å². The summed E-state index contributed by atoms with van der Waals surface area (Å²) in [7, 11) is 0. The normalized spacial score (nSPS) is 15.5. The highest BCUT2D eigenvalue weighted by molar-refractivity contribution is 6.35. The second-order valence-corrected chi connectivity index (χ2v) is 7.35. The predicted molar refractivity (Wildman–Crippen MR) is 106 cm³/mol. The number of piperazine rings is 1. The summed E-state index contributed by atoms with van der Waals surface area (Å²) in [6, 6.07) is 15.4. The predicted octanol–water partition coefficient (Wildman–Crippen LogP) is 4.43. The summed E-state index contributed by atoms with van der Waals surface area (Å²) in [5.41, 5.74) is 2.59. The summed E-state index contributed by atoms with van der Waals surface area (Å²) in [6.45, 7) is 3.68. The van der Waals surface area contributed by atoms with E-state index in [0.29, 0.717) is 35.4 Å². The standard InChI is InChI=1S/C20H19Cl2N3O/c21-16-5-3-6-17(22)15(16)13-24-8-10-25(11-9-24)20(26)19-12-14-4-1-2-7-18(14)23-19/h1-7,12,23H,8-11,13H2. The van der Waals surface area contributed by atoms with Gasteiger partial charge in [0.25, 0.3) is 5.91 Å². The minimum atomic E-state index is 0.0524. The molecular weight excluding hydrogens is 369 g/mol. The summed E-state index contributed by atoms with van der Waals surface area (Å²) in [6.07, 6.45) is 0. The molecule has 0 atom stereocenters. The number of halogens is 2. The lowest BCUT2D eigenvalue weighted by atomic mass is 10.2. The van der Waals surface area contributed by atoms with Crippen LogP contribution in [0.5, 0.6) is 0 Å². The van der Waals surface area contributed by atoms with Gasteiger partial charge in [-0.2, -0.15) is 0 Å². The maximum absolute atomic E-state index is 12.8. The molecule has 4 rings (SSSR count). The van der Waals surface area contributed by atoms with Crippen LogP contribution in [0.25, 0.3) is 10.9 Å². The average Bonchev–Trinajstić information content (AvgIpc) is 3.09. The number of para-hydroxylation sites is 1. The minimum absolute atomic E-state index is 0.0524. The van der Waals surface area contributed by atoms with Gasteiger partial charge < -0.3 is 9.88 Å². The molecule has 0 bridgehead atoms. The number of carbonyl (C=O) groups excluding carboxylic acids is 1. The van der Waals surface area contributed by atoms with Crippen LogP contribution in [0, 0.1) is 0 Å². The molecule has 1 fully saturated rings. The molecule has 4 nitrogen and oxygen atoms in total. The molecular formula is C20H19Cl2N3O. The molecule has 2 heterocycles. The fraction of sp³-hybridized carbons (Fsp3) is 0.250. The van der Waals surface area contributed by atoms with E-state index in [2.05, 4.69) is 9.88 Å². The molecule has 3 aromatic rings. The number of hydrogen-bond donors (Lipinski definition) is 1. The van der Waals surface area contributed by atoms with Gasteiger partial charge in [0, 0.05) is 59.2 Å². The van der Waals surface area contributed by atoms with Gasteiger partial charge >= 0.3 is 0 Å². The minimum Gasteiger partial charge on any atom is -0.351 e. The number of aromatic nitrogens is 1. The maximum atomic E-state index is 12.8. The number of hydrogen-bond acceptors (Lipinski definition) is 2.